The maximum absolute atomic E-state index is 12.5. The summed E-state index contributed by atoms with van der Waals surface area (Å²) in [6.45, 7) is 1.85. The molecule has 0 aliphatic heterocycles. The largest absolute Gasteiger partial charge is 0.322 e. The van der Waals surface area contributed by atoms with Crippen LogP contribution in [-0.4, -0.2) is 34.5 Å². The Morgan fingerprint density at radius 3 is 2.69 bits per heavy atom. The molecule has 3 N–H and O–H groups in total. The van der Waals surface area contributed by atoms with Crippen LogP contribution in [0.25, 0.3) is 5.69 Å². The molecule has 0 aliphatic carbocycles. The van der Waals surface area contributed by atoms with Crippen molar-refractivity contribution in [2.45, 2.75) is 12.7 Å². The first-order valence-electron chi connectivity index (χ1n) is 7.56. The van der Waals surface area contributed by atoms with Crippen molar-refractivity contribution >= 4 is 21.6 Å². The molecule has 0 fully saturated rings. The molecule has 3 aromatic rings. The molecule has 0 spiro atoms. The van der Waals surface area contributed by atoms with Crippen molar-refractivity contribution < 1.29 is 13.2 Å². The minimum Gasteiger partial charge on any atom is -0.322 e. The van der Waals surface area contributed by atoms with Crippen molar-refractivity contribution in [3.63, 3.8) is 0 Å². The normalized spacial score (nSPS) is 11.3. The van der Waals surface area contributed by atoms with Gasteiger partial charge in [0.25, 0.3) is 5.91 Å². The Balaban J connectivity index is 1.78. The zero-order chi connectivity index (χ0) is 18.7. The molecule has 0 aliphatic rings. The van der Waals surface area contributed by atoms with Crippen molar-refractivity contribution in [3.8, 4) is 5.69 Å². The summed E-state index contributed by atoms with van der Waals surface area (Å²) >= 11 is 0. The van der Waals surface area contributed by atoms with Gasteiger partial charge in [-0.2, -0.15) is 0 Å². The number of hydrogen-bond acceptors (Lipinski definition) is 6. The Labute approximate surface area is 149 Å². The van der Waals surface area contributed by atoms with Gasteiger partial charge in [0.05, 0.1) is 11.4 Å². The minimum absolute atomic E-state index is 0.295. The predicted octanol–water partition coefficient (Wildman–Crippen LogP) is 1.01. The van der Waals surface area contributed by atoms with Crippen molar-refractivity contribution in [1.82, 2.24) is 20.2 Å². The first kappa shape index (κ1) is 17.7. The number of aromatic nitrogens is 4. The van der Waals surface area contributed by atoms with E-state index in [1.165, 1.54) is 11.0 Å². The second-order valence-electron chi connectivity index (χ2n) is 5.72. The number of nitrogens with two attached hydrogens (primary N) is 1. The zero-order valence-electron chi connectivity index (χ0n) is 13.8. The summed E-state index contributed by atoms with van der Waals surface area (Å²) in [4.78, 5) is 12.5. The number of carbonyl (C=O) groups is 1. The molecule has 26 heavy (non-hydrogen) atoms. The first-order chi connectivity index (χ1) is 12.3. The fourth-order valence-electron chi connectivity index (χ4n) is 2.50. The van der Waals surface area contributed by atoms with Crippen LogP contribution in [0, 0.1) is 6.92 Å². The van der Waals surface area contributed by atoms with Gasteiger partial charge in [-0.1, -0.05) is 12.1 Å². The molecule has 0 radical (unpaired) electrons. The molecule has 0 atom stereocenters. The van der Waals surface area contributed by atoms with Gasteiger partial charge in [-0.3, -0.25) is 4.79 Å². The lowest BCUT2D eigenvalue weighted by Crippen LogP contribution is -2.15. The van der Waals surface area contributed by atoms with E-state index in [9.17, 15) is 13.2 Å². The smallest absolute Gasteiger partial charge is 0.255 e. The number of nitrogens with one attached hydrogen (secondary N) is 1. The summed E-state index contributed by atoms with van der Waals surface area (Å²) < 4.78 is 23.9. The summed E-state index contributed by atoms with van der Waals surface area (Å²) in [5.41, 5.74) is 3.03. The average Bonchev–Trinajstić information content (AvgIpc) is 3.07. The topological polar surface area (TPSA) is 133 Å². The van der Waals surface area contributed by atoms with E-state index >= 15 is 0 Å². The van der Waals surface area contributed by atoms with Crippen molar-refractivity contribution in [1.29, 1.82) is 0 Å². The van der Waals surface area contributed by atoms with Crippen molar-refractivity contribution in [2.75, 3.05) is 5.32 Å². The molecule has 1 amide bonds. The van der Waals surface area contributed by atoms with Gasteiger partial charge in [0, 0.05) is 11.3 Å². The molecular weight excluding hydrogens is 356 g/mol. The van der Waals surface area contributed by atoms with E-state index in [0.717, 1.165) is 11.3 Å². The van der Waals surface area contributed by atoms with Crippen LogP contribution < -0.4 is 10.5 Å². The molecule has 1 heterocycles. The number of hydrogen-bond donors (Lipinski definition) is 2. The number of rotatable bonds is 5. The molecule has 134 valence electrons. The maximum Gasteiger partial charge on any atom is 0.255 e. The quantitative estimate of drug-likeness (QED) is 0.687. The molecule has 0 saturated carbocycles. The first-order valence-corrected chi connectivity index (χ1v) is 9.28. The van der Waals surface area contributed by atoms with Gasteiger partial charge >= 0.3 is 0 Å². The lowest BCUT2D eigenvalue weighted by atomic mass is 10.1. The Hall–Kier alpha value is -3.11. The molecule has 3 rings (SSSR count). The number of carbonyl (C=O) groups excluding carboxylic acids is 1. The molecule has 0 bridgehead atoms. The van der Waals surface area contributed by atoms with E-state index in [0.29, 0.717) is 16.8 Å². The van der Waals surface area contributed by atoms with Gasteiger partial charge < -0.3 is 5.32 Å². The van der Waals surface area contributed by atoms with Gasteiger partial charge in [0.15, 0.2) is 0 Å². The Morgan fingerprint density at radius 1 is 1.23 bits per heavy atom. The number of sulfonamides is 1. The van der Waals surface area contributed by atoms with E-state index in [1.807, 2.05) is 6.92 Å². The second-order valence-corrected chi connectivity index (χ2v) is 7.33. The van der Waals surface area contributed by atoms with Crippen LogP contribution in [-0.2, 0) is 15.8 Å². The number of anilines is 1. The summed E-state index contributed by atoms with van der Waals surface area (Å²) in [5.74, 6) is -0.611. The zero-order valence-corrected chi connectivity index (χ0v) is 14.6. The predicted molar refractivity (Wildman–Crippen MR) is 95.1 cm³/mol. The SMILES string of the molecule is Cc1cc(C(=O)Nc2cccc(CS(N)(=O)=O)c2)ccc1-n1cnnn1. The fraction of sp³-hybridized carbons (Fsp3) is 0.125. The highest BCUT2D eigenvalue weighted by Gasteiger charge is 2.11. The number of tetrazole rings is 1. The summed E-state index contributed by atoms with van der Waals surface area (Å²) in [7, 11) is -3.64. The Kier molecular flexibility index (Phi) is 4.78. The highest BCUT2D eigenvalue weighted by atomic mass is 32.2. The van der Waals surface area contributed by atoms with E-state index in [2.05, 4.69) is 20.8 Å². The third kappa shape index (κ3) is 4.29. The minimum atomic E-state index is -3.64. The maximum atomic E-state index is 12.5. The molecule has 9 nitrogen and oxygen atoms in total. The average molecular weight is 372 g/mol. The number of aryl methyl sites for hydroxylation is 1. The van der Waals surface area contributed by atoms with Gasteiger partial charge in [-0.25, -0.2) is 18.2 Å². The van der Waals surface area contributed by atoms with Crippen LogP contribution in [0.3, 0.4) is 0 Å². The molecule has 10 heteroatoms. The van der Waals surface area contributed by atoms with Gasteiger partial charge in [-0.05, 0) is 58.8 Å². The van der Waals surface area contributed by atoms with E-state index < -0.39 is 10.0 Å². The van der Waals surface area contributed by atoms with E-state index in [1.54, 1.807) is 42.5 Å². The lowest BCUT2D eigenvalue weighted by Gasteiger charge is -2.09. The third-order valence-electron chi connectivity index (χ3n) is 3.61. The third-order valence-corrected chi connectivity index (χ3v) is 4.34. The summed E-state index contributed by atoms with van der Waals surface area (Å²) in [6, 6.07) is 11.7. The van der Waals surface area contributed by atoms with Crippen molar-refractivity contribution in [3.05, 3.63) is 65.5 Å². The van der Waals surface area contributed by atoms with Crippen molar-refractivity contribution in [2.24, 2.45) is 5.14 Å². The lowest BCUT2D eigenvalue weighted by molar-refractivity contribution is 0.102. The summed E-state index contributed by atoms with van der Waals surface area (Å²) in [6.07, 6.45) is 1.47. The van der Waals surface area contributed by atoms with Gasteiger partial charge in [0.1, 0.15) is 6.33 Å². The fourth-order valence-corrected chi connectivity index (χ4v) is 3.14. The van der Waals surface area contributed by atoms with Gasteiger partial charge in [-0.15, -0.1) is 5.10 Å². The van der Waals surface area contributed by atoms with Gasteiger partial charge in [0.2, 0.25) is 10.0 Å². The molecule has 0 saturated heterocycles. The van der Waals surface area contributed by atoms with Crippen LogP contribution in [0.15, 0.2) is 48.8 Å². The highest BCUT2D eigenvalue weighted by Crippen LogP contribution is 2.17. The van der Waals surface area contributed by atoms with Crippen LogP contribution >= 0.6 is 0 Å². The van der Waals surface area contributed by atoms with Crippen LogP contribution in [0.2, 0.25) is 0 Å². The van der Waals surface area contributed by atoms with E-state index in [-0.39, 0.29) is 11.7 Å². The number of benzene rings is 2. The standard InChI is InChI=1S/C16H16N6O3S/c1-11-7-13(5-6-15(11)22-10-18-20-21-22)16(23)19-14-4-2-3-12(8-14)9-26(17,24)25/h2-8,10H,9H2,1H3,(H,19,23)(H2,17,24,25). The molecule has 0 unspecified atom stereocenters. The second kappa shape index (κ2) is 7.02. The van der Waals surface area contributed by atoms with Crippen LogP contribution in [0.1, 0.15) is 21.5 Å². The number of amides is 1. The van der Waals surface area contributed by atoms with Crippen LogP contribution in [0.5, 0.6) is 0 Å². The summed E-state index contributed by atoms with van der Waals surface area (Å²) in [5, 5.41) is 18.8. The van der Waals surface area contributed by atoms with Crippen LogP contribution in [0.4, 0.5) is 5.69 Å². The molecule has 2 aromatic carbocycles. The highest BCUT2D eigenvalue weighted by molar-refractivity contribution is 7.88. The monoisotopic (exact) mass is 372 g/mol. The van der Waals surface area contributed by atoms with E-state index in [4.69, 9.17) is 5.14 Å². The molecular formula is C16H16N6O3S. The Morgan fingerprint density at radius 2 is 2.04 bits per heavy atom. The Bertz CT molecular complexity index is 1050. The number of primary sulfonamides is 1. The number of nitrogens with zero attached hydrogens (tertiary/aromatic N) is 4. The molecule has 1 aromatic heterocycles.